The molecule has 19 heavy (non-hydrogen) atoms. The molecule has 1 aromatic heterocycles. The molecular weight excluding hydrogens is 260 g/mol. The molecule has 1 heterocycles. The molecule has 1 atom stereocenters. The molecule has 0 aliphatic rings. The lowest BCUT2D eigenvalue weighted by atomic mass is 10.2. The largest absolute Gasteiger partial charge is 0.480 e. The van der Waals surface area contributed by atoms with E-state index in [4.69, 9.17) is 10.8 Å². The molecule has 0 amide bonds. The first-order chi connectivity index (χ1) is 9.16. The lowest BCUT2D eigenvalue weighted by Gasteiger charge is -2.06. The van der Waals surface area contributed by atoms with Crippen molar-refractivity contribution in [1.29, 1.82) is 0 Å². The molecule has 1 aromatic carbocycles. The third-order valence-corrected chi connectivity index (χ3v) is 3.87. The maximum absolute atomic E-state index is 10.6. The van der Waals surface area contributed by atoms with E-state index >= 15 is 0 Å². The first-order valence-electron chi connectivity index (χ1n) is 6.06. The highest BCUT2D eigenvalue weighted by molar-refractivity contribution is 7.98. The molecule has 2 rings (SSSR count). The summed E-state index contributed by atoms with van der Waals surface area (Å²) < 4.78 is 0. The number of thioether (sulfide) groups is 1. The van der Waals surface area contributed by atoms with Gasteiger partial charge in [-0.1, -0.05) is 18.2 Å². The van der Waals surface area contributed by atoms with Gasteiger partial charge in [0.15, 0.2) is 0 Å². The molecule has 0 spiro atoms. The standard InChI is InChI=1S/C14H16N2O2S/c15-12(14(17)18)5-6-19-9-10-7-11-3-1-2-4-13(11)16-8-10/h1-4,7-8,12H,5-6,9,15H2,(H,17,18). The molecule has 4 nitrogen and oxygen atoms in total. The second-order valence-electron chi connectivity index (χ2n) is 4.32. The lowest BCUT2D eigenvalue weighted by Crippen LogP contribution is -2.30. The number of hydrogen-bond donors (Lipinski definition) is 2. The van der Waals surface area contributed by atoms with Crippen molar-refractivity contribution < 1.29 is 9.90 Å². The number of aromatic nitrogens is 1. The number of rotatable bonds is 6. The van der Waals surface area contributed by atoms with Crippen LogP contribution in [0.1, 0.15) is 12.0 Å². The Hall–Kier alpha value is -1.59. The van der Waals surface area contributed by atoms with Gasteiger partial charge in [-0.25, -0.2) is 0 Å². The van der Waals surface area contributed by atoms with E-state index in [9.17, 15) is 4.79 Å². The van der Waals surface area contributed by atoms with Crippen LogP contribution in [0.25, 0.3) is 10.9 Å². The van der Waals surface area contributed by atoms with Gasteiger partial charge in [-0.2, -0.15) is 11.8 Å². The van der Waals surface area contributed by atoms with Crippen LogP contribution in [0.5, 0.6) is 0 Å². The van der Waals surface area contributed by atoms with E-state index in [-0.39, 0.29) is 0 Å². The molecule has 0 saturated carbocycles. The number of hydrogen-bond acceptors (Lipinski definition) is 4. The molecule has 0 bridgehead atoms. The highest BCUT2D eigenvalue weighted by atomic mass is 32.2. The summed E-state index contributed by atoms with van der Waals surface area (Å²) in [6, 6.07) is 9.34. The molecular formula is C14H16N2O2S. The lowest BCUT2D eigenvalue weighted by molar-refractivity contribution is -0.138. The maximum Gasteiger partial charge on any atom is 0.320 e. The minimum atomic E-state index is -0.937. The van der Waals surface area contributed by atoms with Crippen molar-refractivity contribution in [2.75, 3.05) is 5.75 Å². The first kappa shape index (κ1) is 13.8. The van der Waals surface area contributed by atoms with Crippen LogP contribution < -0.4 is 5.73 Å². The topological polar surface area (TPSA) is 76.2 Å². The highest BCUT2D eigenvalue weighted by Gasteiger charge is 2.10. The average molecular weight is 276 g/mol. The Morgan fingerprint density at radius 3 is 3.00 bits per heavy atom. The number of pyridine rings is 1. The number of aliphatic carboxylic acids is 1. The Morgan fingerprint density at radius 1 is 1.42 bits per heavy atom. The Morgan fingerprint density at radius 2 is 2.21 bits per heavy atom. The smallest absolute Gasteiger partial charge is 0.320 e. The van der Waals surface area contributed by atoms with E-state index in [1.807, 2.05) is 30.5 Å². The van der Waals surface area contributed by atoms with Crippen molar-refractivity contribution in [1.82, 2.24) is 4.98 Å². The van der Waals surface area contributed by atoms with Crippen molar-refractivity contribution in [3.05, 3.63) is 42.1 Å². The van der Waals surface area contributed by atoms with E-state index in [0.717, 1.165) is 28.0 Å². The second-order valence-corrected chi connectivity index (χ2v) is 5.43. The van der Waals surface area contributed by atoms with Crippen molar-refractivity contribution >= 4 is 28.6 Å². The van der Waals surface area contributed by atoms with E-state index < -0.39 is 12.0 Å². The van der Waals surface area contributed by atoms with Crippen LogP contribution in [0.4, 0.5) is 0 Å². The van der Waals surface area contributed by atoms with Crippen molar-refractivity contribution in [3.63, 3.8) is 0 Å². The summed E-state index contributed by atoms with van der Waals surface area (Å²) in [5.74, 6) is 0.623. The monoisotopic (exact) mass is 276 g/mol. The third kappa shape index (κ3) is 3.94. The van der Waals surface area contributed by atoms with Crippen molar-refractivity contribution in [3.8, 4) is 0 Å². The number of benzene rings is 1. The quantitative estimate of drug-likeness (QED) is 0.791. The molecule has 5 heteroatoms. The van der Waals surface area contributed by atoms with Gasteiger partial charge in [0.25, 0.3) is 0 Å². The average Bonchev–Trinajstić information content (AvgIpc) is 2.43. The van der Waals surface area contributed by atoms with Gasteiger partial charge < -0.3 is 10.8 Å². The predicted molar refractivity (Wildman–Crippen MR) is 78.1 cm³/mol. The molecule has 0 saturated heterocycles. The predicted octanol–water partition coefficient (Wildman–Crippen LogP) is 2.27. The normalized spacial score (nSPS) is 12.5. The fourth-order valence-electron chi connectivity index (χ4n) is 1.72. The number of fused-ring (bicyclic) bond motifs is 1. The molecule has 2 aromatic rings. The van der Waals surface area contributed by atoms with Gasteiger partial charge in [0.05, 0.1) is 5.52 Å². The number of carboxylic acids is 1. The number of nitrogens with two attached hydrogens (primary N) is 1. The number of para-hydroxylation sites is 1. The minimum absolute atomic E-state index is 0.487. The Labute approximate surface area is 116 Å². The van der Waals surface area contributed by atoms with Gasteiger partial charge in [0.1, 0.15) is 6.04 Å². The fourth-order valence-corrected chi connectivity index (χ4v) is 2.68. The Balaban J connectivity index is 1.86. The van der Waals surface area contributed by atoms with Crippen molar-refractivity contribution in [2.45, 2.75) is 18.2 Å². The van der Waals surface area contributed by atoms with Crippen LogP contribution in [0.3, 0.4) is 0 Å². The zero-order valence-electron chi connectivity index (χ0n) is 10.5. The SMILES string of the molecule is NC(CCSCc1cnc2ccccc2c1)C(=O)O. The molecule has 3 N–H and O–H groups in total. The summed E-state index contributed by atoms with van der Waals surface area (Å²) in [6.07, 6.45) is 2.35. The van der Waals surface area contributed by atoms with E-state index in [0.29, 0.717) is 6.42 Å². The van der Waals surface area contributed by atoms with E-state index in [1.54, 1.807) is 11.8 Å². The van der Waals surface area contributed by atoms with E-state index in [2.05, 4.69) is 11.1 Å². The van der Waals surface area contributed by atoms with Crippen LogP contribution >= 0.6 is 11.8 Å². The number of carboxylic acid groups (broad SMARTS) is 1. The first-order valence-corrected chi connectivity index (χ1v) is 7.22. The highest BCUT2D eigenvalue weighted by Crippen LogP contribution is 2.17. The summed E-state index contributed by atoms with van der Waals surface area (Å²) in [6.45, 7) is 0. The zero-order chi connectivity index (χ0) is 13.7. The summed E-state index contributed by atoms with van der Waals surface area (Å²) >= 11 is 1.68. The van der Waals surface area contributed by atoms with Crippen LogP contribution in [0.15, 0.2) is 36.5 Å². The van der Waals surface area contributed by atoms with Gasteiger partial charge in [0, 0.05) is 17.3 Å². The minimum Gasteiger partial charge on any atom is -0.480 e. The van der Waals surface area contributed by atoms with Crippen LogP contribution in [0.2, 0.25) is 0 Å². The Kier molecular flexibility index (Phi) is 4.76. The third-order valence-electron chi connectivity index (χ3n) is 2.81. The molecule has 0 aliphatic heterocycles. The second kappa shape index (κ2) is 6.54. The maximum atomic E-state index is 10.6. The van der Waals surface area contributed by atoms with Gasteiger partial charge in [-0.15, -0.1) is 0 Å². The summed E-state index contributed by atoms with van der Waals surface area (Å²) in [7, 11) is 0. The number of carbonyl (C=O) groups is 1. The van der Waals surface area contributed by atoms with Crippen LogP contribution in [-0.4, -0.2) is 27.9 Å². The summed E-state index contributed by atoms with van der Waals surface area (Å²) in [5.41, 5.74) is 7.58. The summed E-state index contributed by atoms with van der Waals surface area (Å²) in [4.78, 5) is 15.0. The number of nitrogens with zero attached hydrogens (tertiary/aromatic N) is 1. The molecule has 100 valence electrons. The molecule has 0 aliphatic carbocycles. The Bertz CT molecular complexity index is 574. The summed E-state index contributed by atoms with van der Waals surface area (Å²) in [5, 5.41) is 9.80. The molecule has 1 unspecified atom stereocenters. The van der Waals surface area contributed by atoms with Gasteiger partial charge in [0.2, 0.25) is 0 Å². The van der Waals surface area contributed by atoms with Crippen LogP contribution in [0, 0.1) is 0 Å². The van der Waals surface area contributed by atoms with Crippen LogP contribution in [-0.2, 0) is 10.5 Å². The zero-order valence-corrected chi connectivity index (χ0v) is 11.3. The van der Waals surface area contributed by atoms with Crippen molar-refractivity contribution in [2.24, 2.45) is 5.73 Å². The van der Waals surface area contributed by atoms with Gasteiger partial charge in [-0.3, -0.25) is 9.78 Å². The molecule has 0 fully saturated rings. The van der Waals surface area contributed by atoms with Gasteiger partial charge in [-0.05, 0) is 29.9 Å². The molecule has 0 radical (unpaired) electrons. The fraction of sp³-hybridized carbons (Fsp3) is 0.286. The van der Waals surface area contributed by atoms with E-state index in [1.165, 1.54) is 0 Å². The van der Waals surface area contributed by atoms with Gasteiger partial charge >= 0.3 is 5.97 Å².